The van der Waals surface area contributed by atoms with Crippen molar-refractivity contribution in [3.63, 3.8) is 0 Å². The summed E-state index contributed by atoms with van der Waals surface area (Å²) in [7, 11) is 7.10. The highest BCUT2D eigenvalue weighted by Crippen LogP contribution is 2.24. The Hall–Kier alpha value is -1.94. The molecule has 0 rings (SSSR count). The maximum atomic E-state index is 11.6. The lowest BCUT2D eigenvalue weighted by Crippen LogP contribution is -2.22. The van der Waals surface area contributed by atoms with Gasteiger partial charge in [-0.25, -0.2) is 9.59 Å². The topological polar surface area (TPSA) is 83.8 Å². The zero-order chi connectivity index (χ0) is 23.9. The van der Waals surface area contributed by atoms with Crippen molar-refractivity contribution in [3.05, 3.63) is 24.8 Å². The molecule has 0 aliphatic carbocycles. The zero-order valence-corrected chi connectivity index (χ0v) is 21.1. The molecule has 0 atom stereocenters. The van der Waals surface area contributed by atoms with Crippen LogP contribution in [0.3, 0.4) is 0 Å². The Morgan fingerprint density at radius 2 is 1.09 bits per heavy atom. The smallest absolute Gasteiger partial charge is 0.413 e. The van der Waals surface area contributed by atoms with E-state index in [-0.39, 0.29) is 12.2 Å². The first-order chi connectivity index (χ1) is 15.5. The molecule has 0 unspecified atom stereocenters. The highest BCUT2D eigenvalue weighted by Gasteiger charge is 2.06. The quantitative estimate of drug-likeness (QED) is 0.127. The normalized spacial score (nSPS) is 10.9. The van der Waals surface area contributed by atoms with E-state index >= 15 is 0 Å². The summed E-state index contributed by atoms with van der Waals surface area (Å²) in [5, 5.41) is 0. The van der Waals surface area contributed by atoms with Crippen LogP contribution in [0.1, 0.15) is 51.4 Å². The van der Waals surface area contributed by atoms with Crippen LogP contribution < -0.4 is 0 Å². The van der Waals surface area contributed by atoms with Crippen LogP contribution in [0.2, 0.25) is 0 Å². The Balaban J connectivity index is 3.35. The van der Waals surface area contributed by atoms with Gasteiger partial charge in [0.2, 0.25) is 0 Å². The van der Waals surface area contributed by atoms with E-state index in [0.717, 1.165) is 50.0 Å². The molecule has 0 N–H and O–H groups in total. The van der Waals surface area contributed by atoms with Crippen LogP contribution in [0.4, 0.5) is 9.59 Å². The molecule has 0 aromatic heterocycles. The maximum Gasteiger partial charge on any atom is 0.413 e. The molecule has 0 saturated heterocycles. The molecule has 0 saturated carbocycles. The highest BCUT2D eigenvalue weighted by atomic mass is 33.1. The SMILES string of the molecule is C=N/C=C\N(C)C(=O)OCCCCCCSSCCCCCCOC(=O)N(C)/C=C\N=C. The van der Waals surface area contributed by atoms with Gasteiger partial charge in [0.25, 0.3) is 0 Å². The van der Waals surface area contributed by atoms with Crippen LogP contribution in [0.15, 0.2) is 34.8 Å². The molecule has 0 aliphatic heterocycles. The Morgan fingerprint density at radius 1 is 0.719 bits per heavy atom. The van der Waals surface area contributed by atoms with Crippen LogP contribution in [-0.4, -0.2) is 74.2 Å². The van der Waals surface area contributed by atoms with E-state index in [1.807, 2.05) is 21.6 Å². The predicted molar refractivity (Wildman–Crippen MR) is 137 cm³/mol. The average molecular weight is 487 g/mol. The summed E-state index contributed by atoms with van der Waals surface area (Å²) in [5.74, 6) is 2.29. The summed E-state index contributed by atoms with van der Waals surface area (Å²) >= 11 is 0. The number of aliphatic imine (C=N–C) groups is 2. The molecule has 0 bridgehead atoms. The lowest BCUT2D eigenvalue weighted by molar-refractivity contribution is 0.120. The number of carbonyl (C=O) groups is 2. The van der Waals surface area contributed by atoms with Crippen LogP contribution >= 0.6 is 21.6 Å². The Labute approximate surface area is 201 Å². The second kappa shape index (κ2) is 22.3. The monoisotopic (exact) mass is 486 g/mol. The Morgan fingerprint density at radius 3 is 1.47 bits per heavy atom. The minimum Gasteiger partial charge on any atom is -0.449 e. The molecule has 0 aromatic carbocycles. The summed E-state index contributed by atoms with van der Waals surface area (Å²) in [6.07, 6.45) is 13.7. The van der Waals surface area contributed by atoms with E-state index < -0.39 is 0 Å². The molecule has 0 heterocycles. The van der Waals surface area contributed by atoms with Crippen molar-refractivity contribution in [1.82, 2.24) is 9.80 Å². The fourth-order valence-electron chi connectivity index (χ4n) is 2.29. The molecule has 0 aromatic rings. The number of hydrogen-bond acceptors (Lipinski definition) is 8. The minimum atomic E-state index is -0.375. The Kier molecular flexibility index (Phi) is 20.9. The van der Waals surface area contributed by atoms with Crippen molar-refractivity contribution in [3.8, 4) is 0 Å². The van der Waals surface area contributed by atoms with Gasteiger partial charge >= 0.3 is 12.2 Å². The summed E-state index contributed by atoms with van der Waals surface area (Å²) in [5.41, 5.74) is 0. The number of rotatable bonds is 19. The van der Waals surface area contributed by atoms with Crippen LogP contribution in [0.25, 0.3) is 0 Å². The van der Waals surface area contributed by atoms with Gasteiger partial charge in [-0.05, 0) is 39.1 Å². The van der Waals surface area contributed by atoms with Crippen LogP contribution in [0.5, 0.6) is 0 Å². The molecule has 0 spiro atoms. The van der Waals surface area contributed by atoms with E-state index in [1.54, 1.807) is 14.1 Å². The second-order valence-electron chi connectivity index (χ2n) is 6.88. The molecule has 2 amide bonds. The Bertz CT molecular complexity index is 538. The van der Waals surface area contributed by atoms with E-state index in [2.05, 4.69) is 23.4 Å². The van der Waals surface area contributed by atoms with E-state index in [0.29, 0.717) is 13.2 Å². The molecule has 8 nitrogen and oxygen atoms in total. The minimum absolute atomic E-state index is 0.375. The molecule has 10 heteroatoms. The summed E-state index contributed by atoms with van der Waals surface area (Å²) in [6, 6.07) is 0. The summed E-state index contributed by atoms with van der Waals surface area (Å²) in [6.45, 7) is 7.52. The first kappa shape index (κ1) is 30.1. The maximum absolute atomic E-state index is 11.6. The van der Waals surface area contributed by atoms with Gasteiger partial charge in [0.15, 0.2) is 0 Å². The van der Waals surface area contributed by atoms with Crippen molar-refractivity contribution < 1.29 is 19.1 Å². The third-order valence-electron chi connectivity index (χ3n) is 4.15. The number of unbranched alkanes of at least 4 members (excludes halogenated alkanes) is 6. The van der Waals surface area contributed by atoms with Gasteiger partial charge in [-0.2, -0.15) is 0 Å². The van der Waals surface area contributed by atoms with E-state index in [1.165, 1.54) is 47.4 Å². The van der Waals surface area contributed by atoms with Crippen molar-refractivity contribution in [2.45, 2.75) is 51.4 Å². The molecule has 182 valence electrons. The number of hydrogen-bond donors (Lipinski definition) is 0. The molecular formula is C22H38N4O4S2. The van der Waals surface area contributed by atoms with Gasteiger partial charge in [0, 0.05) is 50.4 Å². The molecular weight excluding hydrogens is 448 g/mol. The molecule has 0 fully saturated rings. The molecule has 0 radical (unpaired) electrons. The number of ether oxygens (including phenoxy) is 2. The van der Waals surface area contributed by atoms with Gasteiger partial charge < -0.3 is 9.47 Å². The van der Waals surface area contributed by atoms with Crippen LogP contribution in [0, 0.1) is 0 Å². The van der Waals surface area contributed by atoms with E-state index in [4.69, 9.17) is 9.47 Å². The van der Waals surface area contributed by atoms with Gasteiger partial charge in [0.05, 0.1) is 13.2 Å². The van der Waals surface area contributed by atoms with Gasteiger partial charge in [-0.15, -0.1) is 0 Å². The fraction of sp³-hybridized carbons (Fsp3) is 0.636. The number of amides is 2. The number of carbonyl (C=O) groups excluding carboxylic acids is 2. The van der Waals surface area contributed by atoms with Crippen molar-refractivity contribution in [2.75, 3.05) is 38.8 Å². The average Bonchev–Trinajstić information content (AvgIpc) is 2.80. The van der Waals surface area contributed by atoms with Crippen molar-refractivity contribution in [1.29, 1.82) is 0 Å². The predicted octanol–water partition coefficient (Wildman–Crippen LogP) is 5.97. The largest absolute Gasteiger partial charge is 0.449 e. The zero-order valence-electron chi connectivity index (χ0n) is 19.4. The fourth-order valence-corrected chi connectivity index (χ4v) is 4.58. The third-order valence-corrected chi connectivity index (χ3v) is 6.72. The van der Waals surface area contributed by atoms with Gasteiger partial charge in [-0.1, -0.05) is 47.3 Å². The lowest BCUT2D eigenvalue weighted by atomic mass is 10.2. The van der Waals surface area contributed by atoms with Crippen molar-refractivity contribution in [2.24, 2.45) is 9.98 Å². The molecule has 32 heavy (non-hydrogen) atoms. The highest BCUT2D eigenvalue weighted by molar-refractivity contribution is 8.76. The first-order valence-corrected chi connectivity index (χ1v) is 13.3. The number of nitrogens with zero attached hydrogens (tertiary/aromatic N) is 4. The third kappa shape index (κ3) is 18.8. The second-order valence-corrected chi connectivity index (χ2v) is 9.59. The van der Waals surface area contributed by atoms with E-state index in [9.17, 15) is 9.59 Å². The summed E-state index contributed by atoms with van der Waals surface area (Å²) in [4.78, 5) is 33.0. The summed E-state index contributed by atoms with van der Waals surface area (Å²) < 4.78 is 10.3. The molecule has 0 aliphatic rings. The van der Waals surface area contributed by atoms with Crippen LogP contribution in [-0.2, 0) is 9.47 Å². The standard InChI is InChI=1S/C22H38N4O4S2/c1-23-13-15-25(3)21(27)29-17-9-5-7-11-19-31-32-20-12-8-6-10-18-30-22(28)26(4)16-14-24-2/h13-16H,1-2,5-12,17-20H2,3-4H3/b15-13-,16-14-. The first-order valence-electron chi connectivity index (χ1n) is 10.8. The van der Waals surface area contributed by atoms with Gasteiger partial charge in [-0.3, -0.25) is 19.8 Å². The lowest BCUT2D eigenvalue weighted by Gasteiger charge is -2.11. The van der Waals surface area contributed by atoms with Crippen molar-refractivity contribution >= 4 is 47.2 Å². The van der Waals surface area contributed by atoms with Gasteiger partial charge in [0.1, 0.15) is 0 Å².